The zero-order chi connectivity index (χ0) is 22.5. The van der Waals surface area contributed by atoms with Crippen LogP contribution in [0.2, 0.25) is 5.02 Å². The Morgan fingerprint density at radius 3 is 2.47 bits per heavy atom. The number of imide groups is 1. The van der Waals surface area contributed by atoms with E-state index in [9.17, 15) is 14.4 Å². The van der Waals surface area contributed by atoms with E-state index in [0.29, 0.717) is 27.7 Å². The Morgan fingerprint density at radius 2 is 1.75 bits per heavy atom. The van der Waals surface area contributed by atoms with Crippen molar-refractivity contribution in [3.8, 4) is 5.75 Å². The molecule has 8 heteroatoms. The highest BCUT2D eigenvalue weighted by atomic mass is 35.5. The molecule has 3 aromatic carbocycles. The molecule has 0 atom stereocenters. The summed E-state index contributed by atoms with van der Waals surface area (Å²) in [6.07, 6.45) is 1.57. The summed E-state index contributed by atoms with van der Waals surface area (Å²) < 4.78 is 5.50. The van der Waals surface area contributed by atoms with E-state index in [2.05, 4.69) is 10.6 Å². The average Bonchev–Trinajstić information content (AvgIpc) is 3.06. The highest BCUT2D eigenvalue weighted by Gasteiger charge is 2.34. The number of anilines is 2. The molecule has 1 aliphatic heterocycles. The highest BCUT2D eigenvalue weighted by Crippen LogP contribution is 2.25. The first kappa shape index (κ1) is 21.1. The number of para-hydroxylation sites is 1. The van der Waals surface area contributed by atoms with Crippen molar-refractivity contribution in [3.05, 3.63) is 95.1 Å². The number of benzene rings is 3. The third-order valence-corrected chi connectivity index (χ3v) is 4.80. The van der Waals surface area contributed by atoms with Crippen LogP contribution in [0.15, 0.2) is 84.6 Å². The van der Waals surface area contributed by atoms with E-state index in [1.807, 2.05) is 18.2 Å². The van der Waals surface area contributed by atoms with Crippen molar-refractivity contribution in [1.82, 2.24) is 5.32 Å². The van der Waals surface area contributed by atoms with Crippen LogP contribution in [0.25, 0.3) is 6.08 Å². The highest BCUT2D eigenvalue weighted by molar-refractivity contribution is 6.32. The summed E-state index contributed by atoms with van der Waals surface area (Å²) in [5.41, 5.74) is 1.91. The van der Waals surface area contributed by atoms with Gasteiger partial charge in [0.1, 0.15) is 11.4 Å². The van der Waals surface area contributed by atoms with Crippen molar-refractivity contribution in [2.75, 3.05) is 16.8 Å². The predicted molar refractivity (Wildman–Crippen MR) is 122 cm³/mol. The summed E-state index contributed by atoms with van der Waals surface area (Å²) >= 11 is 5.96. The fourth-order valence-electron chi connectivity index (χ4n) is 3.08. The minimum atomic E-state index is -0.548. The van der Waals surface area contributed by atoms with Crippen LogP contribution in [0, 0.1) is 0 Å². The van der Waals surface area contributed by atoms with Gasteiger partial charge in [-0.05, 0) is 54.1 Å². The zero-order valence-electron chi connectivity index (χ0n) is 16.7. The molecule has 0 aliphatic carbocycles. The van der Waals surface area contributed by atoms with Gasteiger partial charge in [0.15, 0.2) is 6.61 Å². The molecule has 0 spiro atoms. The lowest BCUT2D eigenvalue weighted by Crippen LogP contribution is -2.30. The number of rotatable bonds is 6. The van der Waals surface area contributed by atoms with Gasteiger partial charge >= 0.3 is 6.03 Å². The molecule has 1 fully saturated rings. The van der Waals surface area contributed by atoms with E-state index >= 15 is 0 Å². The first-order valence-corrected chi connectivity index (χ1v) is 10.1. The lowest BCUT2D eigenvalue weighted by Gasteiger charge is -2.11. The second-order valence-electron chi connectivity index (χ2n) is 6.88. The Balaban J connectivity index is 1.38. The summed E-state index contributed by atoms with van der Waals surface area (Å²) in [4.78, 5) is 38.0. The topological polar surface area (TPSA) is 87.7 Å². The molecule has 1 aliphatic rings. The smallest absolute Gasteiger partial charge is 0.333 e. The molecule has 32 heavy (non-hydrogen) atoms. The third kappa shape index (κ3) is 4.96. The molecule has 4 amide bonds. The van der Waals surface area contributed by atoms with Crippen molar-refractivity contribution >= 4 is 46.9 Å². The van der Waals surface area contributed by atoms with Crippen molar-refractivity contribution in [1.29, 1.82) is 0 Å². The first-order valence-electron chi connectivity index (χ1n) is 9.70. The summed E-state index contributed by atoms with van der Waals surface area (Å²) in [7, 11) is 0. The Labute approximate surface area is 189 Å². The molecule has 1 heterocycles. The van der Waals surface area contributed by atoms with E-state index in [-0.39, 0.29) is 18.2 Å². The summed E-state index contributed by atoms with van der Waals surface area (Å²) in [6, 6.07) is 21.9. The third-order valence-electron chi connectivity index (χ3n) is 4.56. The molecule has 1 saturated heterocycles. The fraction of sp³-hybridized carbons (Fsp3) is 0.0417. The van der Waals surface area contributed by atoms with E-state index in [1.165, 1.54) is 0 Å². The average molecular weight is 448 g/mol. The molecular formula is C24H18ClN3O4. The minimum absolute atomic E-state index is 0.140. The lowest BCUT2D eigenvalue weighted by atomic mass is 10.2. The molecule has 0 radical (unpaired) electrons. The molecule has 7 nitrogen and oxygen atoms in total. The van der Waals surface area contributed by atoms with Crippen molar-refractivity contribution < 1.29 is 19.1 Å². The number of carbonyl (C=O) groups is 3. The Bertz CT molecular complexity index is 1190. The van der Waals surface area contributed by atoms with Crippen LogP contribution in [-0.2, 0) is 9.59 Å². The molecular weight excluding hydrogens is 430 g/mol. The molecule has 0 bridgehead atoms. The zero-order valence-corrected chi connectivity index (χ0v) is 17.5. The number of urea groups is 1. The molecule has 0 saturated carbocycles. The van der Waals surface area contributed by atoms with Gasteiger partial charge in [0.25, 0.3) is 11.8 Å². The molecule has 2 N–H and O–H groups in total. The lowest BCUT2D eigenvalue weighted by molar-refractivity contribution is -0.118. The predicted octanol–water partition coefficient (Wildman–Crippen LogP) is 4.45. The van der Waals surface area contributed by atoms with Crippen LogP contribution in [0.4, 0.5) is 16.2 Å². The van der Waals surface area contributed by atoms with Crippen LogP contribution in [0.5, 0.6) is 5.75 Å². The van der Waals surface area contributed by atoms with Gasteiger partial charge in [-0.25, -0.2) is 9.69 Å². The van der Waals surface area contributed by atoms with Gasteiger partial charge in [-0.15, -0.1) is 0 Å². The summed E-state index contributed by atoms with van der Waals surface area (Å²) in [5.74, 6) is -0.254. The fourth-order valence-corrected chi connectivity index (χ4v) is 3.26. The first-order chi connectivity index (χ1) is 15.5. The van der Waals surface area contributed by atoms with Gasteiger partial charge in [0, 0.05) is 10.7 Å². The van der Waals surface area contributed by atoms with Crippen molar-refractivity contribution in [3.63, 3.8) is 0 Å². The maximum Gasteiger partial charge on any atom is 0.333 e. The quantitative estimate of drug-likeness (QED) is 0.431. The number of hydrogen-bond acceptors (Lipinski definition) is 4. The molecule has 0 aromatic heterocycles. The number of amides is 4. The van der Waals surface area contributed by atoms with Crippen LogP contribution >= 0.6 is 11.6 Å². The number of carbonyl (C=O) groups excluding carboxylic acids is 3. The van der Waals surface area contributed by atoms with Gasteiger partial charge < -0.3 is 15.4 Å². The van der Waals surface area contributed by atoms with Crippen LogP contribution in [0.1, 0.15) is 5.56 Å². The van der Waals surface area contributed by atoms with Crippen LogP contribution < -0.4 is 20.3 Å². The monoisotopic (exact) mass is 447 g/mol. The van der Waals surface area contributed by atoms with Crippen molar-refractivity contribution in [2.24, 2.45) is 0 Å². The second kappa shape index (κ2) is 9.36. The Morgan fingerprint density at radius 1 is 1.00 bits per heavy atom. The summed E-state index contributed by atoms with van der Waals surface area (Å²) in [5, 5.41) is 5.73. The van der Waals surface area contributed by atoms with Gasteiger partial charge in [-0.2, -0.15) is 0 Å². The van der Waals surface area contributed by atoms with Gasteiger partial charge in [-0.3, -0.25) is 9.59 Å². The Hall–Kier alpha value is -4.10. The van der Waals surface area contributed by atoms with Crippen LogP contribution in [-0.4, -0.2) is 24.5 Å². The standard InChI is InChI=1S/C24H18ClN3O4/c25-17-5-4-8-19(14-17)28-23(30)21(27-24(28)31)13-16-9-11-20(12-10-16)32-15-22(29)26-18-6-2-1-3-7-18/h1-14H,15H2,(H,26,29)(H,27,31)/b21-13+. The summed E-state index contributed by atoms with van der Waals surface area (Å²) in [6.45, 7) is -0.140. The van der Waals surface area contributed by atoms with Gasteiger partial charge in [-0.1, -0.05) is 48.0 Å². The minimum Gasteiger partial charge on any atom is -0.484 e. The van der Waals surface area contributed by atoms with Gasteiger partial charge in [0.05, 0.1) is 5.69 Å². The maximum absolute atomic E-state index is 12.7. The maximum atomic E-state index is 12.7. The number of nitrogens with zero attached hydrogens (tertiary/aromatic N) is 1. The second-order valence-corrected chi connectivity index (χ2v) is 7.32. The Kier molecular flexibility index (Phi) is 6.19. The number of halogens is 1. The number of hydrogen-bond donors (Lipinski definition) is 2. The molecule has 0 unspecified atom stereocenters. The van der Waals surface area contributed by atoms with E-state index in [4.69, 9.17) is 16.3 Å². The van der Waals surface area contributed by atoms with E-state index in [1.54, 1.807) is 66.7 Å². The van der Waals surface area contributed by atoms with Crippen LogP contribution in [0.3, 0.4) is 0 Å². The largest absolute Gasteiger partial charge is 0.484 e. The normalized spacial score (nSPS) is 14.4. The van der Waals surface area contributed by atoms with E-state index < -0.39 is 11.9 Å². The SMILES string of the molecule is O=C(COc1ccc(/C=C2/NC(=O)N(c3cccc(Cl)c3)C2=O)cc1)Nc1ccccc1. The molecule has 160 valence electrons. The number of nitrogens with one attached hydrogen (secondary N) is 2. The number of ether oxygens (including phenoxy) is 1. The van der Waals surface area contributed by atoms with Crippen molar-refractivity contribution in [2.45, 2.75) is 0 Å². The molecule has 4 rings (SSSR count). The van der Waals surface area contributed by atoms with Gasteiger partial charge in [0.2, 0.25) is 0 Å². The molecule has 3 aromatic rings. The van der Waals surface area contributed by atoms with E-state index in [0.717, 1.165) is 4.90 Å².